The summed E-state index contributed by atoms with van der Waals surface area (Å²) in [5.41, 5.74) is -0.0335. The van der Waals surface area contributed by atoms with Gasteiger partial charge in [-0.3, -0.25) is 19.7 Å². The zero-order chi connectivity index (χ0) is 22.5. The van der Waals surface area contributed by atoms with Crippen LogP contribution < -0.4 is 0 Å². The molecule has 162 valence electrons. The zero-order valence-corrected chi connectivity index (χ0v) is 16.3. The number of hydrogen-bond acceptors (Lipinski definition) is 8. The molecule has 1 fully saturated rings. The number of benzene rings is 2. The highest BCUT2D eigenvalue weighted by molar-refractivity contribution is 6.46. The molecule has 0 aliphatic carbocycles. The van der Waals surface area contributed by atoms with Crippen LogP contribution in [0.2, 0.25) is 0 Å². The number of ether oxygens (including phenoxy) is 1. The molecule has 1 atom stereocenters. The SMILES string of the molecule is O=C1C(=O)N(CCOCCO)[C@@H](c2ccc(O)cc2)/C1=C(\O)c1cccc([N+](=O)[O-])c1. The van der Waals surface area contributed by atoms with Gasteiger partial charge in [-0.2, -0.15) is 0 Å². The number of aromatic hydroxyl groups is 1. The second-order valence-corrected chi connectivity index (χ2v) is 6.73. The first-order valence-corrected chi connectivity index (χ1v) is 9.36. The van der Waals surface area contributed by atoms with Gasteiger partial charge in [0.25, 0.3) is 17.4 Å². The lowest BCUT2D eigenvalue weighted by Crippen LogP contribution is -2.33. The number of aliphatic hydroxyl groups excluding tert-OH is 2. The van der Waals surface area contributed by atoms with Crippen LogP contribution in [0.5, 0.6) is 5.75 Å². The number of rotatable bonds is 8. The molecule has 0 bridgehead atoms. The number of ketones is 1. The maximum atomic E-state index is 12.8. The van der Waals surface area contributed by atoms with Crippen LogP contribution in [0.25, 0.3) is 5.76 Å². The van der Waals surface area contributed by atoms with E-state index in [1.165, 1.54) is 47.4 Å². The molecular weight excluding hydrogens is 408 g/mol. The third kappa shape index (κ3) is 4.55. The van der Waals surface area contributed by atoms with Gasteiger partial charge in [-0.1, -0.05) is 24.3 Å². The Balaban J connectivity index is 2.09. The number of likely N-dealkylation sites (tertiary alicyclic amines) is 1. The predicted molar refractivity (Wildman–Crippen MR) is 108 cm³/mol. The maximum absolute atomic E-state index is 12.8. The Morgan fingerprint density at radius 3 is 2.48 bits per heavy atom. The van der Waals surface area contributed by atoms with E-state index in [1.54, 1.807) is 0 Å². The second kappa shape index (κ2) is 9.37. The molecule has 31 heavy (non-hydrogen) atoms. The Kier molecular flexibility index (Phi) is 6.63. The zero-order valence-electron chi connectivity index (χ0n) is 16.3. The lowest BCUT2D eigenvalue weighted by molar-refractivity contribution is -0.384. The van der Waals surface area contributed by atoms with Gasteiger partial charge < -0.3 is 25.0 Å². The van der Waals surface area contributed by atoms with Crippen LogP contribution in [-0.2, 0) is 14.3 Å². The van der Waals surface area contributed by atoms with Crippen molar-refractivity contribution in [3.63, 3.8) is 0 Å². The largest absolute Gasteiger partial charge is 0.508 e. The Morgan fingerprint density at radius 2 is 1.84 bits per heavy atom. The van der Waals surface area contributed by atoms with Gasteiger partial charge in [-0.15, -0.1) is 0 Å². The first kappa shape index (κ1) is 21.9. The summed E-state index contributed by atoms with van der Waals surface area (Å²) in [5, 5.41) is 40.4. The Labute approximate surface area is 176 Å². The van der Waals surface area contributed by atoms with Gasteiger partial charge in [0.2, 0.25) is 0 Å². The molecule has 0 radical (unpaired) electrons. The van der Waals surface area contributed by atoms with Crippen molar-refractivity contribution in [2.24, 2.45) is 0 Å². The van der Waals surface area contributed by atoms with Crippen molar-refractivity contribution in [1.29, 1.82) is 0 Å². The standard InChI is InChI=1S/C21H20N2O8/c24-9-11-31-10-8-22-18(13-4-6-16(25)7-5-13)17(20(27)21(22)28)19(26)14-2-1-3-15(12-14)23(29)30/h1-7,12,18,24-26H,8-11H2/b19-17+/t18-/m0/s1. The fourth-order valence-corrected chi connectivity index (χ4v) is 3.37. The highest BCUT2D eigenvalue weighted by atomic mass is 16.6. The molecule has 1 aliphatic rings. The van der Waals surface area contributed by atoms with Gasteiger partial charge in [0.05, 0.1) is 36.4 Å². The molecule has 1 aliphatic heterocycles. The Bertz CT molecular complexity index is 1030. The minimum atomic E-state index is -0.988. The van der Waals surface area contributed by atoms with Crippen LogP contribution >= 0.6 is 0 Å². The van der Waals surface area contributed by atoms with Gasteiger partial charge in [-0.05, 0) is 17.7 Å². The molecule has 0 saturated carbocycles. The first-order chi connectivity index (χ1) is 14.8. The molecule has 2 aromatic carbocycles. The van der Waals surface area contributed by atoms with Crippen LogP contribution in [0.15, 0.2) is 54.1 Å². The van der Waals surface area contributed by atoms with Crippen molar-refractivity contribution in [3.05, 3.63) is 75.3 Å². The quantitative estimate of drug-likeness (QED) is 0.144. The first-order valence-electron chi connectivity index (χ1n) is 9.36. The van der Waals surface area contributed by atoms with Crippen LogP contribution in [-0.4, -0.2) is 63.2 Å². The number of carbonyl (C=O) groups is 2. The number of phenols is 1. The Morgan fingerprint density at radius 1 is 1.13 bits per heavy atom. The van der Waals surface area contributed by atoms with E-state index in [0.29, 0.717) is 5.56 Å². The van der Waals surface area contributed by atoms with E-state index >= 15 is 0 Å². The van der Waals surface area contributed by atoms with Crippen LogP contribution in [0.3, 0.4) is 0 Å². The van der Waals surface area contributed by atoms with E-state index in [1.807, 2.05) is 0 Å². The van der Waals surface area contributed by atoms with Crippen molar-refractivity contribution in [2.45, 2.75) is 6.04 Å². The smallest absolute Gasteiger partial charge is 0.295 e. The fraction of sp³-hybridized carbons (Fsp3) is 0.238. The number of carbonyl (C=O) groups excluding carboxylic acids is 2. The third-order valence-corrected chi connectivity index (χ3v) is 4.79. The van der Waals surface area contributed by atoms with E-state index in [9.17, 15) is 29.9 Å². The lowest BCUT2D eigenvalue weighted by Gasteiger charge is -2.25. The number of hydrogen-bond donors (Lipinski definition) is 3. The number of amides is 1. The molecule has 0 aromatic heterocycles. The number of nitro benzene ring substituents is 1. The summed E-state index contributed by atoms with van der Waals surface area (Å²) in [4.78, 5) is 37.2. The van der Waals surface area contributed by atoms with Crippen LogP contribution in [0, 0.1) is 10.1 Å². The van der Waals surface area contributed by atoms with Gasteiger partial charge in [-0.25, -0.2) is 0 Å². The molecule has 3 N–H and O–H groups in total. The number of nitro groups is 1. The lowest BCUT2D eigenvalue weighted by atomic mass is 9.95. The topological polar surface area (TPSA) is 150 Å². The minimum absolute atomic E-state index is 0.00182. The number of aliphatic hydroxyl groups is 2. The summed E-state index contributed by atoms with van der Waals surface area (Å²) in [6.45, 7) is -0.102. The number of Topliss-reactive ketones (excluding diaryl/α,β-unsaturated/α-hetero) is 1. The molecule has 0 spiro atoms. The number of phenolic OH excluding ortho intramolecular Hbond substituents is 1. The second-order valence-electron chi connectivity index (χ2n) is 6.73. The molecule has 1 saturated heterocycles. The summed E-state index contributed by atoms with van der Waals surface area (Å²) < 4.78 is 5.21. The highest BCUT2D eigenvalue weighted by Crippen LogP contribution is 2.39. The average Bonchev–Trinajstić information content (AvgIpc) is 3.01. The van der Waals surface area contributed by atoms with E-state index in [0.717, 1.165) is 6.07 Å². The van der Waals surface area contributed by atoms with E-state index in [4.69, 9.17) is 9.84 Å². The molecule has 10 heteroatoms. The molecule has 0 unspecified atom stereocenters. The normalized spacial score (nSPS) is 17.8. The predicted octanol–water partition coefficient (Wildman–Crippen LogP) is 1.73. The van der Waals surface area contributed by atoms with Gasteiger partial charge in [0.15, 0.2) is 0 Å². The summed E-state index contributed by atoms with van der Waals surface area (Å²) in [6, 6.07) is 9.90. The molecule has 3 rings (SSSR count). The maximum Gasteiger partial charge on any atom is 0.295 e. The fourth-order valence-electron chi connectivity index (χ4n) is 3.37. The van der Waals surface area contributed by atoms with Crippen molar-refractivity contribution < 1.29 is 34.6 Å². The van der Waals surface area contributed by atoms with Crippen molar-refractivity contribution in [2.75, 3.05) is 26.4 Å². The molecule has 10 nitrogen and oxygen atoms in total. The van der Waals surface area contributed by atoms with Crippen molar-refractivity contribution in [3.8, 4) is 5.75 Å². The van der Waals surface area contributed by atoms with E-state index in [-0.39, 0.29) is 48.9 Å². The molecular formula is C21H20N2O8. The summed E-state index contributed by atoms with van der Waals surface area (Å²) in [7, 11) is 0. The van der Waals surface area contributed by atoms with Crippen LogP contribution in [0.1, 0.15) is 17.2 Å². The Hall–Kier alpha value is -3.76. The monoisotopic (exact) mass is 428 g/mol. The average molecular weight is 428 g/mol. The third-order valence-electron chi connectivity index (χ3n) is 4.79. The van der Waals surface area contributed by atoms with Crippen molar-refractivity contribution in [1.82, 2.24) is 4.90 Å². The van der Waals surface area contributed by atoms with Crippen LogP contribution in [0.4, 0.5) is 5.69 Å². The molecule has 1 heterocycles. The van der Waals surface area contributed by atoms with E-state index < -0.39 is 28.4 Å². The van der Waals surface area contributed by atoms with Gasteiger partial charge >= 0.3 is 0 Å². The van der Waals surface area contributed by atoms with Gasteiger partial charge in [0.1, 0.15) is 11.5 Å². The van der Waals surface area contributed by atoms with Gasteiger partial charge in [0, 0.05) is 24.2 Å². The summed E-state index contributed by atoms with van der Waals surface area (Å²) in [6.07, 6.45) is 0. The van der Waals surface area contributed by atoms with Crippen molar-refractivity contribution >= 4 is 23.1 Å². The minimum Gasteiger partial charge on any atom is -0.508 e. The molecule has 2 aromatic rings. The number of non-ortho nitro benzene ring substituents is 1. The summed E-state index contributed by atoms with van der Waals surface area (Å²) in [5.74, 6) is -2.37. The highest BCUT2D eigenvalue weighted by Gasteiger charge is 2.46. The molecule has 1 amide bonds. The summed E-state index contributed by atoms with van der Waals surface area (Å²) >= 11 is 0. The van der Waals surface area contributed by atoms with E-state index in [2.05, 4.69) is 0 Å². The number of nitrogens with zero attached hydrogens (tertiary/aromatic N) is 2.